The van der Waals surface area contributed by atoms with Crippen LogP contribution in [0.2, 0.25) is 0 Å². The molecule has 0 spiro atoms. The zero-order chi connectivity index (χ0) is 29.5. The zero-order valence-electron chi connectivity index (χ0n) is 27.1. The second-order valence-electron chi connectivity index (χ2n) is 12.1. The summed E-state index contributed by atoms with van der Waals surface area (Å²) in [7, 11) is 0. The van der Waals surface area contributed by atoms with E-state index in [1.807, 2.05) is 24.4 Å². The first-order valence-electron chi connectivity index (χ1n) is 17.1. The van der Waals surface area contributed by atoms with Crippen molar-refractivity contribution in [2.45, 2.75) is 162 Å². The van der Waals surface area contributed by atoms with E-state index in [9.17, 15) is 9.59 Å². The largest absolute Gasteiger partial charge is 1.00 e. The van der Waals surface area contributed by atoms with Gasteiger partial charge in [-0.2, -0.15) is 0 Å². The molecule has 2 amide bonds. The molecule has 1 aliphatic heterocycles. The van der Waals surface area contributed by atoms with Gasteiger partial charge in [0.2, 0.25) is 17.5 Å². The molecule has 2 rings (SSSR count). The number of unbranched alkanes of at least 4 members (excludes halogenated alkanes) is 15. The minimum Gasteiger partial charge on any atom is -1.00 e. The van der Waals surface area contributed by atoms with Crippen molar-refractivity contribution < 1.29 is 36.0 Å². The predicted molar refractivity (Wildman–Crippen MR) is 166 cm³/mol. The third-order valence-electron chi connectivity index (χ3n) is 8.49. The summed E-state index contributed by atoms with van der Waals surface area (Å²) in [5, 5.41) is 0. The smallest absolute Gasteiger partial charge is 0.229 e. The van der Waals surface area contributed by atoms with Crippen molar-refractivity contribution >= 4 is 11.8 Å². The lowest BCUT2D eigenvalue weighted by Crippen LogP contribution is -3.00. The molecule has 42 heavy (non-hydrogen) atoms. The van der Waals surface area contributed by atoms with Crippen LogP contribution in [-0.4, -0.2) is 36.2 Å². The first-order chi connectivity index (χ1) is 20.0. The van der Waals surface area contributed by atoms with Gasteiger partial charge in [-0.3, -0.25) is 14.5 Å². The van der Waals surface area contributed by atoms with Crippen molar-refractivity contribution in [2.75, 3.05) is 13.2 Å². The van der Waals surface area contributed by atoms with Gasteiger partial charge in [0.05, 0.1) is 6.61 Å². The summed E-state index contributed by atoms with van der Waals surface area (Å²) in [6, 6.07) is 5.88. The maximum absolute atomic E-state index is 12.9. The van der Waals surface area contributed by atoms with Crippen LogP contribution < -0.4 is 17.0 Å². The van der Waals surface area contributed by atoms with E-state index in [4.69, 9.17) is 9.47 Å². The number of carbonyl (C=O) groups excluding carboxylic acids is 2. The Labute approximate surface area is 263 Å². The molecule has 0 aromatic carbocycles. The minimum atomic E-state index is -0.204. The average Bonchev–Trinajstić information content (AvgIpc) is 3.44. The number of ether oxygens (including phenoxy) is 2. The summed E-state index contributed by atoms with van der Waals surface area (Å²) in [5.41, 5.74) is 0.963. The van der Waals surface area contributed by atoms with Gasteiger partial charge in [-0.15, -0.1) is 0 Å². The number of rotatable bonds is 24. The third kappa shape index (κ3) is 17.0. The van der Waals surface area contributed by atoms with E-state index >= 15 is 0 Å². The number of hydrogen-bond acceptors (Lipinski definition) is 4. The minimum absolute atomic E-state index is 0. The fourth-order valence-corrected chi connectivity index (χ4v) is 5.80. The van der Waals surface area contributed by atoms with Crippen molar-refractivity contribution in [2.24, 2.45) is 5.92 Å². The number of halogens is 1. The molecule has 0 saturated carbocycles. The third-order valence-corrected chi connectivity index (χ3v) is 8.49. The van der Waals surface area contributed by atoms with Gasteiger partial charge in [0.1, 0.15) is 13.1 Å². The number of amides is 2. The highest BCUT2D eigenvalue weighted by Gasteiger charge is 2.28. The molecule has 1 aromatic heterocycles. The lowest BCUT2D eigenvalue weighted by atomic mass is 10.0. The van der Waals surface area contributed by atoms with E-state index in [1.165, 1.54) is 108 Å². The van der Waals surface area contributed by atoms with Crippen LogP contribution in [0.25, 0.3) is 0 Å². The van der Waals surface area contributed by atoms with Crippen LogP contribution in [0, 0.1) is 5.92 Å². The van der Waals surface area contributed by atoms with Gasteiger partial charge in [0, 0.05) is 38.5 Å². The van der Waals surface area contributed by atoms with E-state index in [0.717, 1.165) is 38.1 Å². The van der Waals surface area contributed by atoms with Crippen molar-refractivity contribution in [3.63, 3.8) is 0 Å². The Bertz CT molecular complexity index is 837. The molecular weight excluding hydrogens is 548 g/mol. The first-order valence-corrected chi connectivity index (χ1v) is 17.1. The monoisotopic (exact) mass is 608 g/mol. The van der Waals surface area contributed by atoms with Gasteiger partial charge >= 0.3 is 0 Å². The fourth-order valence-electron chi connectivity index (χ4n) is 5.80. The van der Waals surface area contributed by atoms with E-state index < -0.39 is 0 Å². The summed E-state index contributed by atoms with van der Waals surface area (Å²) in [6.45, 7) is 8.31. The summed E-state index contributed by atoms with van der Waals surface area (Å²) < 4.78 is 13.9. The Balaban J connectivity index is 0.00000882. The predicted octanol–water partition coefficient (Wildman–Crippen LogP) is 5.29. The Kier molecular flexibility index (Phi) is 22.8. The van der Waals surface area contributed by atoms with Crippen LogP contribution >= 0.6 is 0 Å². The Morgan fingerprint density at radius 1 is 0.881 bits per heavy atom. The van der Waals surface area contributed by atoms with Crippen LogP contribution in [0.1, 0.15) is 148 Å². The quantitative estimate of drug-likeness (QED) is 0.118. The van der Waals surface area contributed by atoms with Crippen molar-refractivity contribution in [1.82, 2.24) is 4.90 Å². The molecule has 2 unspecified atom stereocenters. The number of nitrogens with zero attached hydrogens (tertiary/aromatic N) is 2. The normalized spacial score (nSPS) is 16.4. The lowest BCUT2D eigenvalue weighted by molar-refractivity contribution is -0.701. The Morgan fingerprint density at radius 3 is 2.00 bits per heavy atom. The van der Waals surface area contributed by atoms with Gasteiger partial charge in [0.15, 0.2) is 12.5 Å². The first kappa shape index (κ1) is 38.5. The summed E-state index contributed by atoms with van der Waals surface area (Å²) in [6.07, 6.45) is 25.6. The van der Waals surface area contributed by atoms with Crippen molar-refractivity contribution in [3.8, 4) is 0 Å². The molecule has 6 nitrogen and oxygen atoms in total. The molecule has 2 heterocycles. The van der Waals surface area contributed by atoms with Crippen molar-refractivity contribution in [3.05, 3.63) is 30.1 Å². The second kappa shape index (κ2) is 24.9. The molecule has 1 fully saturated rings. The molecule has 1 aromatic rings. The second-order valence-corrected chi connectivity index (χ2v) is 12.1. The number of aryl methyl sites for hydroxylation is 1. The van der Waals surface area contributed by atoms with Crippen LogP contribution in [-0.2, 0) is 32.2 Å². The molecule has 7 heteroatoms. The van der Waals surface area contributed by atoms with Gasteiger partial charge in [-0.25, -0.2) is 4.57 Å². The highest BCUT2D eigenvalue weighted by Crippen LogP contribution is 2.25. The summed E-state index contributed by atoms with van der Waals surface area (Å²) in [4.78, 5) is 26.5. The number of imide groups is 1. The molecule has 1 saturated heterocycles. The zero-order valence-corrected chi connectivity index (χ0v) is 27.9. The topological polar surface area (TPSA) is 59.7 Å². The molecule has 0 N–H and O–H groups in total. The van der Waals surface area contributed by atoms with Crippen LogP contribution in [0.5, 0.6) is 0 Å². The molecule has 0 radical (unpaired) electrons. The SMILES string of the molecule is CCCCCCCCCCCCCCCCCCOC1CC(CCC(=O)N(Cc2cccc[n+]2CC)C(C)=O)CO1.[Cl-]. The molecule has 0 bridgehead atoms. The van der Waals surface area contributed by atoms with E-state index in [2.05, 4.69) is 18.4 Å². The van der Waals surface area contributed by atoms with Crippen LogP contribution in [0.15, 0.2) is 24.4 Å². The summed E-state index contributed by atoms with van der Waals surface area (Å²) >= 11 is 0. The fraction of sp³-hybridized carbons (Fsp3) is 0.800. The van der Waals surface area contributed by atoms with Crippen LogP contribution in [0.3, 0.4) is 0 Å². The van der Waals surface area contributed by atoms with Crippen molar-refractivity contribution in [1.29, 1.82) is 0 Å². The highest BCUT2D eigenvalue weighted by molar-refractivity contribution is 5.94. The maximum Gasteiger partial charge on any atom is 0.229 e. The highest BCUT2D eigenvalue weighted by atomic mass is 35.5. The van der Waals surface area contributed by atoms with Gasteiger partial charge in [-0.1, -0.05) is 109 Å². The maximum atomic E-state index is 12.9. The molecule has 0 aliphatic carbocycles. The number of pyridine rings is 1. The number of hydrogen-bond donors (Lipinski definition) is 0. The standard InChI is InChI=1S/C35H61N2O4.ClH/c1-4-6-7-8-9-10-11-12-13-14-15-16-17-18-19-22-27-40-35-28-32(30-41-35)24-25-34(39)37(31(3)38)29-33-23-20-21-26-36(33)5-2;/h20-21,23,26,32,35H,4-19,22,24-25,27-30H2,1-3H3;1H/q+1;/p-1. The number of carbonyl (C=O) groups is 2. The van der Waals surface area contributed by atoms with Gasteiger partial charge in [0.25, 0.3) is 0 Å². The number of aromatic nitrogens is 1. The Morgan fingerprint density at radius 2 is 1.45 bits per heavy atom. The molecular formula is C35H61ClN2O4. The van der Waals surface area contributed by atoms with Gasteiger partial charge in [-0.05, 0) is 25.7 Å². The molecule has 2 atom stereocenters. The van der Waals surface area contributed by atoms with Gasteiger partial charge < -0.3 is 21.9 Å². The summed E-state index contributed by atoms with van der Waals surface area (Å²) in [5.74, 6) is -0.00779. The molecule has 242 valence electrons. The average molecular weight is 609 g/mol. The Hall–Kier alpha value is -1.50. The van der Waals surface area contributed by atoms with E-state index in [-0.39, 0.29) is 30.5 Å². The van der Waals surface area contributed by atoms with E-state index in [0.29, 0.717) is 25.5 Å². The van der Waals surface area contributed by atoms with E-state index in [1.54, 1.807) is 0 Å². The lowest BCUT2D eigenvalue weighted by Gasteiger charge is -2.19. The van der Waals surface area contributed by atoms with Crippen LogP contribution in [0.4, 0.5) is 0 Å². The molecule has 1 aliphatic rings.